The van der Waals surface area contributed by atoms with E-state index in [1.165, 1.54) is 41.5 Å². The third-order valence-corrected chi connectivity index (χ3v) is 6.52. The predicted molar refractivity (Wildman–Crippen MR) is 161 cm³/mol. The number of amidine groups is 1. The van der Waals surface area contributed by atoms with Gasteiger partial charge in [0.2, 0.25) is 5.84 Å². The normalized spacial score (nSPS) is 17.6. The highest BCUT2D eigenvalue weighted by molar-refractivity contribution is 6.39. The quantitative estimate of drug-likeness (QED) is 0.226. The number of nitrogens with zero attached hydrogens (tertiary/aromatic N) is 5. The Kier molecular flexibility index (Phi) is 11.0. The molecule has 1 unspecified atom stereocenters. The number of hydrogen-bond donors (Lipinski definition) is 0. The highest BCUT2D eigenvalue weighted by Crippen LogP contribution is 2.49. The number of fused-ring (bicyclic) bond motifs is 1. The minimum Gasteiger partial charge on any atom is -0.443 e. The van der Waals surface area contributed by atoms with Crippen molar-refractivity contribution in [3.05, 3.63) is 39.1 Å². The number of aliphatic imine (C=N–C) groups is 2. The Morgan fingerprint density at radius 3 is 1.71 bits per heavy atom. The van der Waals surface area contributed by atoms with E-state index in [2.05, 4.69) is 21.8 Å². The molecule has 0 N–H and O–H groups in total. The molecule has 1 aromatic carbocycles. The van der Waals surface area contributed by atoms with Crippen LogP contribution < -0.4 is 5.01 Å². The van der Waals surface area contributed by atoms with Crippen molar-refractivity contribution >= 4 is 52.6 Å². The molecule has 0 saturated carbocycles. The van der Waals surface area contributed by atoms with Gasteiger partial charge in [-0.05, 0) is 53.7 Å². The molecule has 270 valence electrons. The number of rotatable bonds is 3. The number of carbonyl (C=O) groups is 2. The van der Waals surface area contributed by atoms with Gasteiger partial charge in [-0.15, -0.1) is 5.92 Å². The lowest BCUT2D eigenvalue weighted by atomic mass is 10.1. The van der Waals surface area contributed by atoms with Crippen LogP contribution in [-0.2, 0) is 15.7 Å². The van der Waals surface area contributed by atoms with Crippen LogP contribution in [0.2, 0.25) is 10.0 Å². The van der Waals surface area contributed by atoms with Crippen LogP contribution in [0.15, 0.2) is 33.5 Å². The summed E-state index contributed by atoms with van der Waals surface area (Å²) in [6.07, 6.45) is -22.0. The van der Waals surface area contributed by atoms with Crippen LogP contribution in [0.4, 0.5) is 54.8 Å². The monoisotopic (exact) mass is 751 g/mol. The second-order valence-electron chi connectivity index (χ2n) is 12.2. The summed E-state index contributed by atoms with van der Waals surface area (Å²) in [7, 11) is 0. The van der Waals surface area contributed by atoms with Crippen molar-refractivity contribution in [3.63, 3.8) is 0 Å². The van der Waals surface area contributed by atoms with Gasteiger partial charge in [0.05, 0.1) is 33.4 Å². The Bertz CT molecular complexity index is 1610. The molecule has 3 rings (SSSR count). The molecule has 0 aromatic heterocycles. The molecule has 2 aliphatic heterocycles. The van der Waals surface area contributed by atoms with Gasteiger partial charge in [0.1, 0.15) is 11.2 Å². The maximum Gasteiger partial charge on any atom is 0.451 e. The zero-order valence-electron chi connectivity index (χ0n) is 26.7. The molecule has 0 bridgehead atoms. The van der Waals surface area contributed by atoms with Gasteiger partial charge >= 0.3 is 30.7 Å². The molecular weight excluding hydrogens is 724 g/mol. The Morgan fingerprint density at radius 2 is 1.33 bits per heavy atom. The van der Waals surface area contributed by atoms with Crippen molar-refractivity contribution in [2.45, 2.75) is 90.8 Å². The van der Waals surface area contributed by atoms with E-state index >= 15 is 0 Å². The summed E-state index contributed by atoms with van der Waals surface area (Å²) in [5, 5.41) is -0.776. The van der Waals surface area contributed by atoms with E-state index in [0.717, 1.165) is 0 Å². The van der Waals surface area contributed by atoms with Gasteiger partial charge in [-0.2, -0.15) is 49.4 Å². The van der Waals surface area contributed by atoms with Gasteiger partial charge in [0, 0.05) is 6.42 Å². The smallest absolute Gasteiger partial charge is 0.443 e. The fourth-order valence-electron chi connectivity index (χ4n) is 4.30. The van der Waals surface area contributed by atoms with Crippen molar-refractivity contribution in [3.8, 4) is 11.8 Å². The van der Waals surface area contributed by atoms with E-state index in [0.29, 0.717) is 22.2 Å². The summed E-state index contributed by atoms with van der Waals surface area (Å²) in [6, 6.07) is 0.661. The average molecular weight is 752 g/mol. The summed E-state index contributed by atoms with van der Waals surface area (Å²) in [4.78, 5) is 33.6. The molecule has 9 nitrogen and oxygen atoms in total. The SMILES string of the molecule is CCC#CCN1C2N=C(C(F)(F)F)N=C(C(F)(F)F)C2=C(N(C(=O)OC(C)(C)C)C(=O)OC(C)(C)C)N1c1c(Cl)cc(C(F)(F)F)cc1Cl. The van der Waals surface area contributed by atoms with E-state index in [9.17, 15) is 49.1 Å². The highest BCUT2D eigenvalue weighted by atomic mass is 35.5. The number of halogens is 11. The number of hydrogen-bond acceptors (Lipinski definition) is 8. The average Bonchev–Trinajstić information content (AvgIpc) is 3.17. The Labute approximate surface area is 284 Å². The number of carbonyl (C=O) groups excluding carboxylic acids is 2. The van der Waals surface area contributed by atoms with Crippen molar-refractivity contribution in [1.29, 1.82) is 0 Å². The fourth-order valence-corrected chi connectivity index (χ4v) is 4.94. The topological polar surface area (TPSA) is 87.0 Å². The van der Waals surface area contributed by atoms with Gasteiger partial charge in [0.15, 0.2) is 17.7 Å². The summed E-state index contributed by atoms with van der Waals surface area (Å²) in [5.74, 6) is 1.56. The van der Waals surface area contributed by atoms with Crippen LogP contribution in [0.5, 0.6) is 0 Å². The van der Waals surface area contributed by atoms with E-state index in [-0.39, 0.29) is 11.3 Å². The Balaban J connectivity index is 2.63. The number of imide groups is 1. The first-order valence-corrected chi connectivity index (χ1v) is 14.7. The van der Waals surface area contributed by atoms with E-state index < -0.39 is 98.9 Å². The number of benzene rings is 1. The largest absolute Gasteiger partial charge is 0.451 e. The lowest BCUT2D eigenvalue weighted by molar-refractivity contribution is -0.137. The molecule has 0 aliphatic carbocycles. The maximum absolute atomic E-state index is 14.7. The summed E-state index contributed by atoms with van der Waals surface area (Å²) >= 11 is 12.6. The number of hydrazine groups is 1. The Hall–Kier alpha value is -3.69. The van der Waals surface area contributed by atoms with Crippen LogP contribution in [0, 0.1) is 11.8 Å². The first kappa shape index (κ1) is 39.7. The van der Waals surface area contributed by atoms with Crippen molar-refractivity contribution in [2.24, 2.45) is 9.98 Å². The van der Waals surface area contributed by atoms with Gasteiger partial charge in [-0.1, -0.05) is 36.0 Å². The zero-order valence-corrected chi connectivity index (χ0v) is 28.2. The molecule has 0 radical (unpaired) electrons. The third kappa shape index (κ3) is 9.11. The summed E-state index contributed by atoms with van der Waals surface area (Å²) in [5.41, 5.74) is -8.70. The van der Waals surface area contributed by atoms with Crippen molar-refractivity contribution in [1.82, 2.24) is 9.91 Å². The second kappa shape index (κ2) is 13.6. The molecular formula is C29H28Cl2F9N5O4. The molecule has 20 heteroatoms. The van der Waals surface area contributed by atoms with Gasteiger partial charge in [0.25, 0.3) is 0 Å². The van der Waals surface area contributed by atoms with E-state index in [1.807, 2.05) is 0 Å². The minimum atomic E-state index is -5.72. The number of ether oxygens (including phenoxy) is 2. The first-order chi connectivity index (χ1) is 22.1. The first-order valence-electron chi connectivity index (χ1n) is 14.0. The molecule has 2 heterocycles. The van der Waals surface area contributed by atoms with Gasteiger partial charge < -0.3 is 9.47 Å². The van der Waals surface area contributed by atoms with Crippen LogP contribution in [0.25, 0.3) is 0 Å². The molecule has 0 saturated heterocycles. The predicted octanol–water partition coefficient (Wildman–Crippen LogP) is 9.15. The minimum absolute atomic E-state index is 0.0776. The van der Waals surface area contributed by atoms with E-state index in [4.69, 9.17) is 32.7 Å². The molecule has 2 amide bonds. The zero-order chi connectivity index (χ0) is 37.7. The summed E-state index contributed by atoms with van der Waals surface area (Å²) in [6.45, 7) is 8.71. The lowest BCUT2D eigenvalue weighted by Gasteiger charge is -2.37. The molecule has 0 fully saturated rings. The van der Waals surface area contributed by atoms with Crippen LogP contribution in [0.1, 0.15) is 60.5 Å². The molecule has 1 atom stereocenters. The molecule has 0 spiro atoms. The van der Waals surface area contributed by atoms with E-state index in [1.54, 1.807) is 6.92 Å². The number of alkyl halides is 9. The molecule has 1 aromatic rings. The van der Waals surface area contributed by atoms with Crippen LogP contribution in [-0.4, -0.2) is 69.9 Å². The van der Waals surface area contributed by atoms with Crippen LogP contribution in [0.3, 0.4) is 0 Å². The summed E-state index contributed by atoms with van der Waals surface area (Å²) < 4.78 is 138. The van der Waals surface area contributed by atoms with Gasteiger partial charge in [-0.3, -0.25) is 5.01 Å². The van der Waals surface area contributed by atoms with Gasteiger partial charge in [-0.25, -0.2) is 19.6 Å². The maximum atomic E-state index is 14.7. The molecule has 49 heavy (non-hydrogen) atoms. The number of amides is 2. The second-order valence-corrected chi connectivity index (χ2v) is 13.0. The standard InChI is InChI=1S/C29H28Cl2F9N5O4/c1-8-9-10-11-43-20-17(19(28(35,36)37)41-22(42-20)29(38,39)40)21(44(23(46)48-25(2,3)4)24(47)49-26(5,6)7)45(43)18-15(30)12-14(13-16(18)31)27(32,33)34/h12-13,20H,8,11H2,1-7H3. The highest BCUT2D eigenvalue weighted by Gasteiger charge is 2.57. The van der Waals surface area contributed by atoms with Crippen molar-refractivity contribution in [2.75, 3.05) is 11.6 Å². The third-order valence-electron chi connectivity index (χ3n) is 5.94. The van der Waals surface area contributed by atoms with Crippen molar-refractivity contribution < 1.29 is 58.6 Å². The Morgan fingerprint density at radius 1 is 0.837 bits per heavy atom. The lowest BCUT2D eigenvalue weighted by Crippen LogP contribution is -2.50. The number of anilines is 1. The fraction of sp³-hybridized carbons (Fsp3) is 0.517. The molecule has 2 aliphatic rings. The van der Waals surface area contributed by atoms with Crippen LogP contribution >= 0.6 is 23.2 Å².